The lowest BCUT2D eigenvalue weighted by atomic mass is 10.1. The Morgan fingerprint density at radius 1 is 0.852 bits per heavy atom. The zero-order chi connectivity index (χ0) is 18.6. The largest absolute Gasteiger partial charge is 0.378 e. The van der Waals surface area contributed by atoms with Crippen LogP contribution in [0.25, 0.3) is 0 Å². The Hall–Kier alpha value is -2.24. The zero-order valence-corrected chi connectivity index (χ0v) is 16.1. The second-order valence-electron chi connectivity index (χ2n) is 6.88. The molecule has 0 N–H and O–H groups in total. The monoisotopic (exact) mass is 385 g/mol. The topological polar surface area (TPSA) is 36.0 Å². The van der Waals surface area contributed by atoms with Crippen LogP contribution in [0.5, 0.6) is 0 Å². The lowest BCUT2D eigenvalue weighted by Crippen LogP contribution is -2.49. The van der Waals surface area contributed by atoms with Crippen molar-refractivity contribution in [1.29, 1.82) is 0 Å². The summed E-state index contributed by atoms with van der Waals surface area (Å²) in [4.78, 5) is 19.7. The van der Waals surface area contributed by atoms with Crippen LogP contribution in [0.2, 0.25) is 5.02 Å². The van der Waals surface area contributed by atoms with E-state index in [1.807, 2.05) is 47.4 Å². The number of amides is 1. The third-order valence-electron chi connectivity index (χ3n) is 5.23. The number of piperazine rings is 1. The lowest BCUT2D eigenvalue weighted by Gasteiger charge is -2.37. The van der Waals surface area contributed by atoms with Gasteiger partial charge in [0, 0.05) is 55.7 Å². The smallest absolute Gasteiger partial charge is 0.256 e. The predicted octanol–water partition coefficient (Wildman–Crippen LogP) is 3.14. The number of hydrogen-bond acceptors (Lipinski definition) is 4. The first-order chi connectivity index (χ1) is 13.2. The SMILES string of the molecule is O=C(c1ccccc1N1CCOCC1)N1CCN(c2cccc(Cl)c2)CC1. The minimum absolute atomic E-state index is 0.114. The van der Waals surface area contributed by atoms with E-state index in [1.54, 1.807) is 0 Å². The van der Waals surface area contributed by atoms with Crippen LogP contribution < -0.4 is 9.80 Å². The van der Waals surface area contributed by atoms with Crippen molar-refractivity contribution in [3.05, 3.63) is 59.1 Å². The molecule has 2 saturated heterocycles. The molecule has 2 aliphatic rings. The van der Waals surface area contributed by atoms with Crippen LogP contribution in [0.4, 0.5) is 11.4 Å². The second kappa shape index (κ2) is 8.19. The molecule has 2 fully saturated rings. The van der Waals surface area contributed by atoms with Crippen LogP contribution in [-0.4, -0.2) is 63.3 Å². The maximum atomic E-state index is 13.2. The normalized spacial score (nSPS) is 17.9. The van der Waals surface area contributed by atoms with Gasteiger partial charge in [-0.15, -0.1) is 0 Å². The highest BCUT2D eigenvalue weighted by Gasteiger charge is 2.25. The highest BCUT2D eigenvalue weighted by Crippen LogP contribution is 2.25. The van der Waals surface area contributed by atoms with Crippen LogP contribution in [0.15, 0.2) is 48.5 Å². The maximum absolute atomic E-state index is 13.2. The fraction of sp³-hybridized carbons (Fsp3) is 0.381. The number of benzene rings is 2. The summed E-state index contributed by atoms with van der Waals surface area (Å²) in [5.41, 5.74) is 2.92. The molecule has 2 aromatic carbocycles. The maximum Gasteiger partial charge on any atom is 0.256 e. The van der Waals surface area contributed by atoms with Gasteiger partial charge in [0.2, 0.25) is 0 Å². The number of anilines is 2. The highest BCUT2D eigenvalue weighted by atomic mass is 35.5. The third kappa shape index (κ3) is 4.04. The molecule has 5 nitrogen and oxygen atoms in total. The summed E-state index contributed by atoms with van der Waals surface area (Å²) in [6.45, 7) is 6.12. The van der Waals surface area contributed by atoms with Crippen molar-refractivity contribution in [1.82, 2.24) is 4.90 Å². The molecule has 0 spiro atoms. The zero-order valence-electron chi connectivity index (χ0n) is 15.3. The fourth-order valence-corrected chi connectivity index (χ4v) is 3.93. The Morgan fingerprint density at radius 2 is 1.59 bits per heavy atom. The predicted molar refractivity (Wildman–Crippen MR) is 109 cm³/mol. The molecule has 0 unspecified atom stereocenters. The number of carbonyl (C=O) groups excluding carboxylic acids is 1. The number of ether oxygens (including phenoxy) is 1. The molecule has 6 heteroatoms. The van der Waals surface area contributed by atoms with Crippen molar-refractivity contribution in [2.45, 2.75) is 0 Å². The molecule has 2 aromatic rings. The summed E-state index contributed by atoms with van der Waals surface area (Å²) < 4.78 is 5.45. The molecule has 4 rings (SSSR count). The van der Waals surface area contributed by atoms with Gasteiger partial charge in [-0.1, -0.05) is 29.8 Å². The molecule has 0 bridgehead atoms. The number of halogens is 1. The quantitative estimate of drug-likeness (QED) is 0.813. The molecule has 1 amide bonds. The Balaban J connectivity index is 1.45. The van der Waals surface area contributed by atoms with E-state index in [0.29, 0.717) is 26.3 Å². The van der Waals surface area contributed by atoms with Crippen LogP contribution in [0.3, 0.4) is 0 Å². The van der Waals surface area contributed by atoms with Crippen LogP contribution in [0, 0.1) is 0 Å². The first-order valence-corrected chi connectivity index (χ1v) is 9.82. The van der Waals surface area contributed by atoms with Crippen molar-refractivity contribution in [2.75, 3.05) is 62.3 Å². The van der Waals surface area contributed by atoms with E-state index in [1.165, 1.54) is 0 Å². The van der Waals surface area contributed by atoms with Crippen LogP contribution in [-0.2, 0) is 4.74 Å². The summed E-state index contributed by atoms with van der Waals surface area (Å²) in [7, 11) is 0. The van der Waals surface area contributed by atoms with E-state index in [-0.39, 0.29) is 5.91 Å². The molecule has 0 aromatic heterocycles. The van der Waals surface area contributed by atoms with E-state index >= 15 is 0 Å². The van der Waals surface area contributed by atoms with Gasteiger partial charge in [-0.3, -0.25) is 4.79 Å². The first kappa shape index (κ1) is 18.1. The summed E-state index contributed by atoms with van der Waals surface area (Å²) in [5.74, 6) is 0.114. The molecule has 27 heavy (non-hydrogen) atoms. The molecular formula is C21H24ClN3O2. The van der Waals surface area contributed by atoms with Gasteiger partial charge in [0.05, 0.1) is 18.8 Å². The van der Waals surface area contributed by atoms with Crippen molar-refractivity contribution in [2.24, 2.45) is 0 Å². The summed E-state index contributed by atoms with van der Waals surface area (Å²) in [5, 5.41) is 0.741. The molecule has 142 valence electrons. The second-order valence-corrected chi connectivity index (χ2v) is 7.31. The average Bonchev–Trinajstić information content (AvgIpc) is 2.74. The standard InChI is InChI=1S/C21H24ClN3O2/c22-17-4-3-5-18(16-17)23-8-10-25(11-9-23)21(26)19-6-1-2-7-20(19)24-12-14-27-15-13-24/h1-7,16H,8-15H2. The molecule has 0 atom stereocenters. The summed E-state index contributed by atoms with van der Waals surface area (Å²) in [6, 6.07) is 15.8. The van der Waals surface area contributed by atoms with E-state index in [4.69, 9.17) is 16.3 Å². The van der Waals surface area contributed by atoms with Gasteiger partial charge in [-0.25, -0.2) is 0 Å². The minimum atomic E-state index is 0.114. The third-order valence-corrected chi connectivity index (χ3v) is 5.46. The molecule has 0 radical (unpaired) electrons. The van der Waals surface area contributed by atoms with Gasteiger partial charge in [0.1, 0.15) is 0 Å². The average molecular weight is 386 g/mol. The lowest BCUT2D eigenvalue weighted by molar-refractivity contribution is 0.0746. The number of nitrogens with zero attached hydrogens (tertiary/aromatic N) is 3. The van der Waals surface area contributed by atoms with Gasteiger partial charge in [0.15, 0.2) is 0 Å². The highest BCUT2D eigenvalue weighted by molar-refractivity contribution is 6.30. The van der Waals surface area contributed by atoms with E-state index in [9.17, 15) is 4.79 Å². The van der Waals surface area contributed by atoms with E-state index in [0.717, 1.165) is 48.1 Å². The molecule has 2 aliphatic heterocycles. The van der Waals surface area contributed by atoms with Crippen LogP contribution >= 0.6 is 11.6 Å². The Labute approximate surface area is 165 Å². The molecule has 0 saturated carbocycles. The molecular weight excluding hydrogens is 362 g/mol. The number of rotatable bonds is 3. The molecule has 0 aliphatic carbocycles. The fourth-order valence-electron chi connectivity index (χ4n) is 3.75. The van der Waals surface area contributed by atoms with E-state index < -0.39 is 0 Å². The number of carbonyl (C=O) groups is 1. The Morgan fingerprint density at radius 3 is 2.33 bits per heavy atom. The molecule has 2 heterocycles. The van der Waals surface area contributed by atoms with Crippen molar-refractivity contribution in [3.8, 4) is 0 Å². The van der Waals surface area contributed by atoms with Crippen molar-refractivity contribution < 1.29 is 9.53 Å². The van der Waals surface area contributed by atoms with Gasteiger partial charge in [0.25, 0.3) is 5.91 Å². The number of morpholine rings is 1. The van der Waals surface area contributed by atoms with Gasteiger partial charge in [-0.2, -0.15) is 0 Å². The van der Waals surface area contributed by atoms with E-state index in [2.05, 4.69) is 15.9 Å². The van der Waals surface area contributed by atoms with Crippen molar-refractivity contribution in [3.63, 3.8) is 0 Å². The Kier molecular flexibility index (Phi) is 5.50. The van der Waals surface area contributed by atoms with Gasteiger partial charge < -0.3 is 19.4 Å². The van der Waals surface area contributed by atoms with Crippen LogP contribution in [0.1, 0.15) is 10.4 Å². The number of hydrogen-bond donors (Lipinski definition) is 0. The minimum Gasteiger partial charge on any atom is -0.378 e. The van der Waals surface area contributed by atoms with Gasteiger partial charge in [-0.05, 0) is 30.3 Å². The Bertz CT molecular complexity index is 800. The first-order valence-electron chi connectivity index (χ1n) is 9.44. The van der Waals surface area contributed by atoms with Gasteiger partial charge >= 0.3 is 0 Å². The summed E-state index contributed by atoms with van der Waals surface area (Å²) in [6.07, 6.45) is 0. The number of para-hydroxylation sites is 1. The van der Waals surface area contributed by atoms with Crippen molar-refractivity contribution >= 4 is 28.9 Å². The summed E-state index contributed by atoms with van der Waals surface area (Å²) >= 11 is 6.11.